The second kappa shape index (κ2) is 6.07. The largest absolute Gasteiger partial charge is 0.456 e. The molecular weight excluding hydrogens is 347 g/mol. The zero-order valence-corrected chi connectivity index (χ0v) is 12.7. The topological polar surface area (TPSA) is 35.2 Å². The quantitative estimate of drug-likeness (QED) is 0.808. The summed E-state index contributed by atoms with van der Waals surface area (Å²) in [5, 5.41) is 0. The molecule has 0 aromatic heterocycles. The third kappa shape index (κ3) is 3.77. The van der Waals surface area contributed by atoms with Gasteiger partial charge in [0.05, 0.1) is 5.56 Å². The summed E-state index contributed by atoms with van der Waals surface area (Å²) >= 11 is 3.27. The standard InChI is InChI=1S/C15H13BrF3NO/c1-9(20)11-7-6-10(16)8-14(11)21-13-5-3-2-4-12(13)15(17,18)19/h2-9H,20H2,1H3. The highest BCUT2D eigenvalue weighted by Crippen LogP contribution is 2.39. The number of alkyl halides is 3. The molecule has 0 saturated carbocycles. The van der Waals surface area contributed by atoms with Gasteiger partial charge in [-0.15, -0.1) is 0 Å². The Hall–Kier alpha value is -1.53. The maximum atomic E-state index is 13.0. The maximum absolute atomic E-state index is 13.0. The van der Waals surface area contributed by atoms with Crippen LogP contribution in [-0.4, -0.2) is 0 Å². The first-order chi connectivity index (χ1) is 9.79. The van der Waals surface area contributed by atoms with Gasteiger partial charge < -0.3 is 10.5 Å². The van der Waals surface area contributed by atoms with Crippen molar-refractivity contribution in [2.24, 2.45) is 5.73 Å². The van der Waals surface area contributed by atoms with Crippen LogP contribution in [0.3, 0.4) is 0 Å². The molecule has 0 aliphatic carbocycles. The predicted octanol–water partition coefficient (Wildman–Crippen LogP) is 5.28. The van der Waals surface area contributed by atoms with Crippen molar-refractivity contribution in [3.8, 4) is 11.5 Å². The molecule has 0 radical (unpaired) electrons. The van der Waals surface area contributed by atoms with Crippen molar-refractivity contribution < 1.29 is 17.9 Å². The highest BCUT2D eigenvalue weighted by atomic mass is 79.9. The van der Waals surface area contributed by atoms with E-state index < -0.39 is 11.7 Å². The molecule has 0 fully saturated rings. The van der Waals surface area contributed by atoms with Crippen LogP contribution in [0, 0.1) is 0 Å². The molecule has 0 saturated heterocycles. The van der Waals surface area contributed by atoms with Gasteiger partial charge in [-0.3, -0.25) is 0 Å². The molecule has 0 aliphatic rings. The second-order valence-electron chi connectivity index (χ2n) is 4.57. The number of rotatable bonds is 3. The summed E-state index contributed by atoms with van der Waals surface area (Å²) in [5.74, 6) is 0.0566. The third-order valence-corrected chi connectivity index (χ3v) is 3.37. The number of halogens is 4. The number of benzene rings is 2. The summed E-state index contributed by atoms with van der Waals surface area (Å²) in [5.41, 5.74) is 5.64. The lowest BCUT2D eigenvalue weighted by atomic mass is 10.1. The van der Waals surface area contributed by atoms with Crippen LogP contribution >= 0.6 is 15.9 Å². The zero-order valence-electron chi connectivity index (χ0n) is 11.1. The molecule has 0 heterocycles. The van der Waals surface area contributed by atoms with Gasteiger partial charge in [0.1, 0.15) is 11.5 Å². The molecule has 112 valence electrons. The Morgan fingerprint density at radius 2 is 1.76 bits per heavy atom. The minimum atomic E-state index is -4.48. The van der Waals surface area contributed by atoms with Crippen LogP contribution in [0.25, 0.3) is 0 Å². The molecule has 0 aliphatic heterocycles. The van der Waals surface area contributed by atoms with E-state index in [0.717, 1.165) is 6.07 Å². The second-order valence-corrected chi connectivity index (χ2v) is 5.48. The summed E-state index contributed by atoms with van der Waals surface area (Å²) in [4.78, 5) is 0. The van der Waals surface area contributed by atoms with E-state index in [1.165, 1.54) is 18.2 Å². The maximum Gasteiger partial charge on any atom is 0.419 e. The summed E-state index contributed by atoms with van der Waals surface area (Å²) in [6, 6.07) is 9.82. The molecule has 0 bridgehead atoms. The molecule has 1 unspecified atom stereocenters. The molecule has 2 nitrogen and oxygen atoms in total. The van der Waals surface area contributed by atoms with Crippen LogP contribution in [0.15, 0.2) is 46.9 Å². The zero-order chi connectivity index (χ0) is 15.6. The van der Waals surface area contributed by atoms with E-state index in [9.17, 15) is 13.2 Å². The molecular formula is C15H13BrF3NO. The summed E-state index contributed by atoms with van der Waals surface area (Å²) in [6.45, 7) is 1.74. The Balaban J connectivity index is 2.46. The smallest absolute Gasteiger partial charge is 0.419 e. The van der Waals surface area contributed by atoms with Gasteiger partial charge in [-0.2, -0.15) is 13.2 Å². The minimum absolute atomic E-state index is 0.245. The molecule has 2 rings (SSSR count). The van der Waals surface area contributed by atoms with Crippen molar-refractivity contribution >= 4 is 15.9 Å². The Morgan fingerprint density at radius 3 is 2.38 bits per heavy atom. The van der Waals surface area contributed by atoms with E-state index in [0.29, 0.717) is 15.8 Å². The predicted molar refractivity (Wildman–Crippen MR) is 78.3 cm³/mol. The van der Waals surface area contributed by atoms with E-state index in [1.54, 1.807) is 25.1 Å². The van der Waals surface area contributed by atoms with Crippen LogP contribution in [0.5, 0.6) is 11.5 Å². The number of para-hydroxylation sites is 1. The Bertz CT molecular complexity index is 641. The fraction of sp³-hybridized carbons (Fsp3) is 0.200. The first-order valence-corrected chi connectivity index (χ1v) is 6.97. The summed E-state index contributed by atoms with van der Waals surface area (Å²) < 4.78 is 45.1. The van der Waals surface area contributed by atoms with Crippen LogP contribution in [0.2, 0.25) is 0 Å². The lowest BCUT2D eigenvalue weighted by Gasteiger charge is -2.17. The van der Waals surface area contributed by atoms with Gasteiger partial charge in [0.25, 0.3) is 0 Å². The average molecular weight is 360 g/mol. The third-order valence-electron chi connectivity index (χ3n) is 2.88. The van der Waals surface area contributed by atoms with E-state index in [1.807, 2.05) is 0 Å². The van der Waals surface area contributed by atoms with Crippen molar-refractivity contribution in [1.29, 1.82) is 0 Å². The molecule has 21 heavy (non-hydrogen) atoms. The molecule has 2 N–H and O–H groups in total. The summed E-state index contributed by atoms with van der Waals surface area (Å²) in [7, 11) is 0. The summed E-state index contributed by atoms with van der Waals surface area (Å²) in [6.07, 6.45) is -4.48. The van der Waals surface area contributed by atoms with E-state index in [-0.39, 0.29) is 11.8 Å². The molecule has 2 aromatic rings. The monoisotopic (exact) mass is 359 g/mol. The van der Waals surface area contributed by atoms with Crippen molar-refractivity contribution in [3.05, 3.63) is 58.1 Å². The average Bonchev–Trinajstić information content (AvgIpc) is 2.37. The fourth-order valence-corrected chi connectivity index (χ4v) is 2.22. The van der Waals surface area contributed by atoms with Crippen molar-refractivity contribution in [1.82, 2.24) is 0 Å². The van der Waals surface area contributed by atoms with Crippen LogP contribution in [0.1, 0.15) is 24.1 Å². The number of nitrogens with two attached hydrogens (primary N) is 1. The van der Waals surface area contributed by atoms with Gasteiger partial charge in [-0.05, 0) is 31.2 Å². The van der Waals surface area contributed by atoms with Crippen molar-refractivity contribution in [2.45, 2.75) is 19.1 Å². The highest BCUT2D eigenvalue weighted by Gasteiger charge is 2.34. The Morgan fingerprint density at radius 1 is 1.10 bits per heavy atom. The minimum Gasteiger partial charge on any atom is -0.456 e. The van der Waals surface area contributed by atoms with E-state index in [2.05, 4.69) is 15.9 Å². The van der Waals surface area contributed by atoms with Gasteiger partial charge >= 0.3 is 6.18 Å². The van der Waals surface area contributed by atoms with Gasteiger partial charge in [0, 0.05) is 16.1 Å². The lowest BCUT2D eigenvalue weighted by Crippen LogP contribution is -2.09. The van der Waals surface area contributed by atoms with Crippen molar-refractivity contribution in [2.75, 3.05) is 0 Å². The van der Waals surface area contributed by atoms with Crippen LogP contribution in [-0.2, 0) is 6.18 Å². The molecule has 0 spiro atoms. The van der Waals surface area contributed by atoms with Gasteiger partial charge in [-0.1, -0.05) is 34.1 Å². The lowest BCUT2D eigenvalue weighted by molar-refractivity contribution is -0.138. The van der Waals surface area contributed by atoms with Gasteiger partial charge in [0.2, 0.25) is 0 Å². The highest BCUT2D eigenvalue weighted by molar-refractivity contribution is 9.10. The SMILES string of the molecule is CC(N)c1ccc(Br)cc1Oc1ccccc1C(F)(F)F. The fourth-order valence-electron chi connectivity index (χ4n) is 1.88. The number of ether oxygens (including phenoxy) is 1. The molecule has 0 amide bonds. The Labute approximate surface area is 128 Å². The first kappa shape index (κ1) is 15.9. The van der Waals surface area contributed by atoms with Crippen molar-refractivity contribution in [3.63, 3.8) is 0 Å². The van der Waals surface area contributed by atoms with E-state index >= 15 is 0 Å². The molecule has 2 aromatic carbocycles. The number of hydrogen-bond donors (Lipinski definition) is 1. The Kier molecular flexibility index (Phi) is 4.58. The molecule has 6 heteroatoms. The molecule has 1 atom stereocenters. The van der Waals surface area contributed by atoms with E-state index in [4.69, 9.17) is 10.5 Å². The van der Waals surface area contributed by atoms with Gasteiger partial charge in [0.15, 0.2) is 0 Å². The van der Waals surface area contributed by atoms with Crippen LogP contribution in [0.4, 0.5) is 13.2 Å². The van der Waals surface area contributed by atoms with Gasteiger partial charge in [-0.25, -0.2) is 0 Å². The first-order valence-electron chi connectivity index (χ1n) is 6.18. The normalized spacial score (nSPS) is 13.0. The van der Waals surface area contributed by atoms with Crippen LogP contribution < -0.4 is 10.5 Å². The number of hydrogen-bond acceptors (Lipinski definition) is 2.